The van der Waals surface area contributed by atoms with Crippen molar-refractivity contribution >= 4 is 5.78 Å². The summed E-state index contributed by atoms with van der Waals surface area (Å²) in [5.41, 5.74) is 0.854. The summed E-state index contributed by atoms with van der Waals surface area (Å²) in [6.45, 7) is 0.311. The number of aliphatic hydroxyl groups is 8. The number of benzene rings is 2. The maximum Gasteiger partial charge on any atom is 0.229 e. The highest BCUT2D eigenvalue weighted by atomic mass is 16.7. The van der Waals surface area contributed by atoms with Gasteiger partial charge in [0.15, 0.2) is 0 Å². The molecule has 13 heteroatoms. The molecule has 3 aliphatic rings. The Morgan fingerprint density at radius 2 is 1.40 bits per heavy atom. The number of aromatic hydroxyl groups is 1. The van der Waals surface area contributed by atoms with E-state index in [-0.39, 0.29) is 33.8 Å². The molecule has 0 unspecified atom stereocenters. The van der Waals surface area contributed by atoms with Crippen molar-refractivity contribution in [1.29, 1.82) is 0 Å². The fourth-order valence-corrected chi connectivity index (χ4v) is 5.78. The zero-order valence-electron chi connectivity index (χ0n) is 21.3. The van der Waals surface area contributed by atoms with Gasteiger partial charge in [-0.3, -0.25) is 4.79 Å². The van der Waals surface area contributed by atoms with Gasteiger partial charge in [0.25, 0.3) is 0 Å². The lowest BCUT2D eigenvalue weighted by Gasteiger charge is -2.45. The second kappa shape index (κ2) is 10.9. The van der Waals surface area contributed by atoms with E-state index in [2.05, 4.69) is 0 Å². The van der Waals surface area contributed by atoms with Crippen molar-refractivity contribution in [2.24, 2.45) is 0 Å². The maximum absolute atomic E-state index is 13.9. The van der Waals surface area contributed by atoms with E-state index in [4.69, 9.17) is 14.2 Å². The predicted octanol–water partition coefficient (Wildman–Crippen LogP) is -2.60. The highest BCUT2D eigenvalue weighted by Crippen LogP contribution is 2.48. The summed E-state index contributed by atoms with van der Waals surface area (Å²) in [7, 11) is 0. The van der Waals surface area contributed by atoms with Crippen LogP contribution < -0.4 is 4.74 Å². The van der Waals surface area contributed by atoms with E-state index in [1.807, 2.05) is 0 Å². The monoisotopic (exact) mass is 564 g/mol. The average molecular weight is 565 g/mol. The number of aliphatic hydroxyl groups excluding tert-OH is 8. The van der Waals surface area contributed by atoms with Crippen LogP contribution in [0.15, 0.2) is 30.3 Å². The van der Waals surface area contributed by atoms with Crippen LogP contribution in [-0.4, -0.2) is 126 Å². The van der Waals surface area contributed by atoms with Gasteiger partial charge in [0.1, 0.15) is 60.3 Å². The second-order valence-electron chi connectivity index (χ2n) is 10.4. The third-order valence-electron chi connectivity index (χ3n) is 7.82. The number of ether oxygens (including phenoxy) is 3. The second-order valence-corrected chi connectivity index (χ2v) is 10.4. The van der Waals surface area contributed by atoms with E-state index in [0.29, 0.717) is 5.56 Å². The Hall–Kier alpha value is -2.69. The van der Waals surface area contributed by atoms with E-state index in [0.717, 1.165) is 0 Å². The van der Waals surface area contributed by atoms with Gasteiger partial charge in [-0.1, -0.05) is 18.2 Å². The minimum absolute atomic E-state index is 0.104. The smallest absolute Gasteiger partial charge is 0.229 e. The highest BCUT2D eigenvalue weighted by molar-refractivity contribution is 6.16. The molecular formula is C27H32O13. The molecule has 1 aliphatic carbocycles. The molecule has 13 nitrogen and oxygen atoms in total. The Bertz CT molecular complexity index is 1260. The van der Waals surface area contributed by atoms with Crippen molar-refractivity contribution in [2.45, 2.75) is 74.1 Å². The first-order chi connectivity index (χ1) is 19.0. The maximum atomic E-state index is 13.9. The Balaban J connectivity index is 1.63. The molecule has 0 radical (unpaired) electrons. The number of carbonyl (C=O) groups excluding carboxylic acids is 1. The minimum atomic E-state index is -1.77. The summed E-state index contributed by atoms with van der Waals surface area (Å²) in [5, 5.41) is 92.7. The molecule has 2 saturated heterocycles. The van der Waals surface area contributed by atoms with Crippen LogP contribution in [0.1, 0.15) is 38.5 Å². The van der Waals surface area contributed by atoms with Crippen molar-refractivity contribution in [1.82, 2.24) is 0 Å². The molecule has 2 aromatic carbocycles. The van der Waals surface area contributed by atoms with Gasteiger partial charge in [-0.15, -0.1) is 0 Å². The number of phenolic OH excluding ortho intramolecular Hbond substituents is 1. The quantitative estimate of drug-likeness (QED) is 0.182. The molecule has 2 aromatic rings. The number of fused-ring (bicyclic) bond motifs is 2. The molecule has 40 heavy (non-hydrogen) atoms. The molecule has 11 atom stereocenters. The lowest BCUT2D eigenvalue weighted by molar-refractivity contribution is -0.277. The minimum Gasteiger partial charge on any atom is -0.507 e. The highest BCUT2D eigenvalue weighted by Gasteiger charge is 2.51. The number of carbonyl (C=O) groups is 1. The van der Waals surface area contributed by atoms with Crippen LogP contribution in [0.2, 0.25) is 0 Å². The first kappa shape index (κ1) is 28.8. The molecule has 0 saturated carbocycles. The number of hydrogen-bond acceptors (Lipinski definition) is 13. The van der Waals surface area contributed by atoms with Crippen LogP contribution in [0.25, 0.3) is 0 Å². The largest absolute Gasteiger partial charge is 0.507 e. The third kappa shape index (κ3) is 4.58. The van der Waals surface area contributed by atoms with Gasteiger partial charge in [0.2, 0.25) is 12.1 Å². The Morgan fingerprint density at radius 3 is 2.05 bits per heavy atom. The molecule has 2 heterocycles. The SMILES string of the molecule is Cc1cc(O)c2c(c1)[C@H]([C@H]1O[C@@H](CO)[C@H](O)[C@@H](O)[C@@H]1O)c1cccc(O[C@H]3O[C@@H](CO)[C@H](O)[C@H](O)[C@@H]3O)c1C2=O. The lowest BCUT2D eigenvalue weighted by atomic mass is 9.71. The Labute approximate surface area is 228 Å². The van der Waals surface area contributed by atoms with Crippen molar-refractivity contribution in [3.63, 3.8) is 0 Å². The third-order valence-corrected chi connectivity index (χ3v) is 7.82. The average Bonchev–Trinajstić information content (AvgIpc) is 2.92. The van der Waals surface area contributed by atoms with Gasteiger partial charge in [-0.25, -0.2) is 0 Å². The molecule has 0 bridgehead atoms. The van der Waals surface area contributed by atoms with Crippen LogP contribution in [0.5, 0.6) is 11.5 Å². The van der Waals surface area contributed by atoms with E-state index in [9.17, 15) is 50.8 Å². The Kier molecular flexibility index (Phi) is 7.89. The van der Waals surface area contributed by atoms with E-state index in [1.165, 1.54) is 18.2 Å². The lowest BCUT2D eigenvalue weighted by Crippen LogP contribution is -2.60. The zero-order chi connectivity index (χ0) is 29.0. The number of ketones is 1. The molecule has 0 spiro atoms. The first-order valence-corrected chi connectivity index (χ1v) is 12.8. The van der Waals surface area contributed by atoms with E-state index >= 15 is 0 Å². The van der Waals surface area contributed by atoms with Crippen LogP contribution in [0, 0.1) is 6.92 Å². The number of aryl methyl sites for hydroxylation is 1. The number of phenols is 1. The summed E-state index contributed by atoms with van der Waals surface area (Å²) in [6.07, 6.45) is -15.5. The predicted molar refractivity (Wildman–Crippen MR) is 133 cm³/mol. The molecule has 2 aliphatic heterocycles. The molecule has 0 aromatic heterocycles. The van der Waals surface area contributed by atoms with Gasteiger partial charge in [0.05, 0.1) is 30.4 Å². The molecule has 218 valence electrons. The summed E-state index contributed by atoms with van der Waals surface area (Å²) >= 11 is 0. The van der Waals surface area contributed by atoms with Crippen molar-refractivity contribution in [2.75, 3.05) is 13.2 Å². The van der Waals surface area contributed by atoms with Gasteiger partial charge >= 0.3 is 0 Å². The zero-order valence-corrected chi connectivity index (χ0v) is 21.3. The summed E-state index contributed by atoms with van der Waals surface area (Å²) in [4.78, 5) is 13.9. The van der Waals surface area contributed by atoms with E-state index < -0.39 is 86.1 Å². The van der Waals surface area contributed by atoms with Gasteiger partial charge in [-0.2, -0.15) is 0 Å². The van der Waals surface area contributed by atoms with Gasteiger partial charge in [0, 0.05) is 5.92 Å². The molecule has 9 N–H and O–H groups in total. The van der Waals surface area contributed by atoms with Gasteiger partial charge in [-0.05, 0) is 35.7 Å². The standard InChI is InChI=1S/C27H32O13/c1-9-5-11-16(26-24(36)22(34)19(31)14(7-28)38-26)10-3-2-4-13(18(10)21(33)17(11)12(30)6-9)39-27-25(37)23(35)20(32)15(8-29)40-27/h2-6,14-16,19-20,22-32,34-37H,7-8H2,1H3/t14-,15-,16+,19-,20-,22+,23-,24-,25-,26+,27-/m0/s1. The van der Waals surface area contributed by atoms with Crippen LogP contribution in [0.3, 0.4) is 0 Å². The molecular weight excluding hydrogens is 532 g/mol. The van der Waals surface area contributed by atoms with Gasteiger partial charge < -0.3 is 60.2 Å². The summed E-state index contributed by atoms with van der Waals surface area (Å²) < 4.78 is 17.1. The number of rotatable bonds is 5. The Morgan fingerprint density at radius 1 is 0.775 bits per heavy atom. The molecule has 0 amide bonds. The number of hydrogen-bond donors (Lipinski definition) is 9. The van der Waals surface area contributed by atoms with E-state index in [1.54, 1.807) is 19.1 Å². The molecule has 2 fully saturated rings. The van der Waals surface area contributed by atoms with Crippen molar-refractivity contribution in [3.05, 3.63) is 58.1 Å². The first-order valence-electron chi connectivity index (χ1n) is 12.8. The molecule has 5 rings (SSSR count). The fraction of sp³-hybridized carbons (Fsp3) is 0.519. The topological polar surface area (TPSA) is 227 Å². The summed E-state index contributed by atoms with van der Waals surface area (Å²) in [6, 6.07) is 7.41. The van der Waals surface area contributed by atoms with Crippen molar-refractivity contribution in [3.8, 4) is 11.5 Å². The summed E-state index contributed by atoms with van der Waals surface area (Å²) in [5.74, 6) is -2.21. The van der Waals surface area contributed by atoms with Crippen molar-refractivity contribution < 1.29 is 65.0 Å². The van der Waals surface area contributed by atoms with Crippen LogP contribution in [0.4, 0.5) is 0 Å². The fourth-order valence-electron chi connectivity index (χ4n) is 5.78. The van der Waals surface area contributed by atoms with Crippen LogP contribution in [-0.2, 0) is 9.47 Å². The van der Waals surface area contributed by atoms with Crippen LogP contribution >= 0.6 is 0 Å². The normalized spacial score (nSPS) is 37.5.